The summed E-state index contributed by atoms with van der Waals surface area (Å²) in [4.78, 5) is 12.8. The highest BCUT2D eigenvalue weighted by molar-refractivity contribution is 5.75. The maximum atomic E-state index is 11.2. The minimum absolute atomic E-state index is 0.138. The van der Waals surface area contributed by atoms with E-state index in [1.165, 1.54) is 0 Å². The van der Waals surface area contributed by atoms with Crippen LogP contribution in [0.25, 0.3) is 0 Å². The van der Waals surface area contributed by atoms with Crippen molar-refractivity contribution >= 4 is 5.91 Å². The fraction of sp³-hybridized carbons (Fsp3) is 0.900. The van der Waals surface area contributed by atoms with Crippen LogP contribution >= 0.6 is 0 Å². The van der Waals surface area contributed by atoms with Crippen LogP contribution in [-0.2, 0) is 9.53 Å². The Morgan fingerprint density at radius 3 is 2.43 bits per heavy atom. The van der Waals surface area contributed by atoms with E-state index in [1.54, 1.807) is 19.0 Å². The lowest BCUT2D eigenvalue weighted by atomic mass is 10.1. The lowest BCUT2D eigenvalue weighted by Gasteiger charge is -2.23. The second kappa shape index (κ2) is 5.98. The fourth-order valence-corrected chi connectivity index (χ4v) is 0.854. The van der Waals surface area contributed by atoms with Crippen LogP contribution < -0.4 is 5.73 Å². The molecule has 0 aromatic rings. The van der Waals surface area contributed by atoms with Crippen LogP contribution in [0.2, 0.25) is 0 Å². The summed E-state index contributed by atoms with van der Waals surface area (Å²) in [5.41, 5.74) is 5.22. The molecule has 0 aliphatic heterocycles. The first kappa shape index (κ1) is 13.4. The van der Waals surface area contributed by atoms with E-state index in [2.05, 4.69) is 0 Å². The second-order valence-corrected chi connectivity index (χ2v) is 4.20. The molecule has 0 spiro atoms. The summed E-state index contributed by atoms with van der Waals surface area (Å²) < 4.78 is 5.51. The van der Waals surface area contributed by atoms with E-state index >= 15 is 0 Å². The topological polar surface area (TPSA) is 55.6 Å². The highest BCUT2D eigenvalue weighted by atomic mass is 16.5. The highest BCUT2D eigenvalue weighted by Crippen LogP contribution is 2.07. The molecule has 0 aromatic carbocycles. The van der Waals surface area contributed by atoms with E-state index in [1.807, 2.05) is 13.8 Å². The molecular weight excluding hydrogens is 180 g/mol. The Balaban J connectivity index is 3.52. The van der Waals surface area contributed by atoms with Crippen molar-refractivity contribution in [2.45, 2.75) is 32.3 Å². The van der Waals surface area contributed by atoms with Gasteiger partial charge in [-0.05, 0) is 20.3 Å². The Labute approximate surface area is 86.4 Å². The van der Waals surface area contributed by atoms with Crippen LogP contribution in [0.3, 0.4) is 0 Å². The van der Waals surface area contributed by atoms with Gasteiger partial charge in [-0.2, -0.15) is 0 Å². The third kappa shape index (κ3) is 5.94. The summed E-state index contributed by atoms with van der Waals surface area (Å²) in [5, 5.41) is 0. The summed E-state index contributed by atoms with van der Waals surface area (Å²) in [6, 6.07) is 0. The maximum absolute atomic E-state index is 11.2. The molecule has 0 aliphatic carbocycles. The molecule has 84 valence electrons. The number of ether oxygens (including phenoxy) is 1. The number of carbonyl (C=O) groups excluding carboxylic acids is 1. The monoisotopic (exact) mass is 202 g/mol. The third-order valence-electron chi connectivity index (χ3n) is 2.02. The van der Waals surface area contributed by atoms with Crippen molar-refractivity contribution in [1.29, 1.82) is 0 Å². The van der Waals surface area contributed by atoms with Gasteiger partial charge >= 0.3 is 0 Å². The SMILES string of the molecule is CN(C)C(=O)CCCOC(C)(C)CN. The van der Waals surface area contributed by atoms with E-state index in [0.717, 1.165) is 6.42 Å². The van der Waals surface area contributed by atoms with Gasteiger partial charge in [-0.25, -0.2) is 0 Å². The molecule has 0 saturated carbocycles. The van der Waals surface area contributed by atoms with Crippen molar-refractivity contribution < 1.29 is 9.53 Å². The van der Waals surface area contributed by atoms with Crippen LogP contribution in [0.4, 0.5) is 0 Å². The Bertz CT molecular complexity index is 179. The van der Waals surface area contributed by atoms with E-state index in [0.29, 0.717) is 19.6 Å². The van der Waals surface area contributed by atoms with E-state index in [-0.39, 0.29) is 11.5 Å². The van der Waals surface area contributed by atoms with Crippen molar-refractivity contribution in [3.63, 3.8) is 0 Å². The van der Waals surface area contributed by atoms with Gasteiger partial charge in [0.15, 0.2) is 0 Å². The van der Waals surface area contributed by atoms with Gasteiger partial charge in [0, 0.05) is 33.7 Å². The third-order valence-corrected chi connectivity index (χ3v) is 2.02. The standard InChI is InChI=1S/C10H22N2O2/c1-10(2,8-11)14-7-5-6-9(13)12(3)4/h5-8,11H2,1-4H3. The summed E-state index contributed by atoms with van der Waals surface area (Å²) in [6.45, 7) is 4.97. The predicted octanol–water partition coefficient (Wildman–Crippen LogP) is 0.609. The van der Waals surface area contributed by atoms with E-state index in [4.69, 9.17) is 10.5 Å². The van der Waals surface area contributed by atoms with Gasteiger partial charge in [0.2, 0.25) is 5.91 Å². The molecule has 0 bridgehead atoms. The van der Waals surface area contributed by atoms with Gasteiger partial charge in [-0.15, -0.1) is 0 Å². The van der Waals surface area contributed by atoms with Crippen LogP contribution in [0, 0.1) is 0 Å². The highest BCUT2D eigenvalue weighted by Gasteiger charge is 2.15. The van der Waals surface area contributed by atoms with Gasteiger partial charge < -0.3 is 15.4 Å². The summed E-state index contributed by atoms with van der Waals surface area (Å²) in [6.07, 6.45) is 1.29. The lowest BCUT2D eigenvalue weighted by molar-refractivity contribution is -0.129. The zero-order valence-corrected chi connectivity index (χ0v) is 9.67. The summed E-state index contributed by atoms with van der Waals surface area (Å²) in [7, 11) is 3.51. The minimum Gasteiger partial charge on any atom is -0.374 e. The second-order valence-electron chi connectivity index (χ2n) is 4.20. The van der Waals surface area contributed by atoms with Crippen molar-refractivity contribution in [1.82, 2.24) is 4.90 Å². The van der Waals surface area contributed by atoms with Gasteiger partial charge in [0.25, 0.3) is 0 Å². The molecule has 4 heteroatoms. The average Bonchev–Trinajstić information content (AvgIpc) is 2.12. The molecule has 14 heavy (non-hydrogen) atoms. The minimum atomic E-state index is -0.277. The van der Waals surface area contributed by atoms with E-state index in [9.17, 15) is 4.79 Å². The molecule has 0 radical (unpaired) electrons. The zero-order chi connectivity index (χ0) is 11.2. The molecule has 0 heterocycles. The first-order valence-electron chi connectivity index (χ1n) is 4.93. The van der Waals surface area contributed by atoms with Crippen LogP contribution in [0.15, 0.2) is 0 Å². The molecule has 0 aromatic heterocycles. The quantitative estimate of drug-likeness (QED) is 0.642. The van der Waals surface area contributed by atoms with Crippen LogP contribution in [0.1, 0.15) is 26.7 Å². The Hall–Kier alpha value is -0.610. The molecule has 0 unspecified atom stereocenters. The van der Waals surface area contributed by atoms with Gasteiger partial charge in [-0.3, -0.25) is 4.79 Å². The number of carbonyl (C=O) groups is 1. The average molecular weight is 202 g/mol. The molecule has 0 saturated heterocycles. The van der Waals surface area contributed by atoms with Crippen molar-refractivity contribution in [3.8, 4) is 0 Å². The number of hydrogen-bond donors (Lipinski definition) is 1. The summed E-state index contributed by atoms with van der Waals surface area (Å²) in [5.74, 6) is 0.138. The number of hydrogen-bond acceptors (Lipinski definition) is 3. The smallest absolute Gasteiger partial charge is 0.222 e. The number of amides is 1. The normalized spacial score (nSPS) is 11.5. The van der Waals surface area contributed by atoms with Gasteiger partial charge in [0.1, 0.15) is 0 Å². The number of nitrogens with zero attached hydrogens (tertiary/aromatic N) is 1. The van der Waals surface area contributed by atoms with Gasteiger partial charge in [0.05, 0.1) is 5.60 Å². The molecule has 2 N–H and O–H groups in total. The fourth-order valence-electron chi connectivity index (χ4n) is 0.854. The molecule has 0 atom stereocenters. The van der Waals surface area contributed by atoms with Crippen molar-refractivity contribution in [2.24, 2.45) is 5.73 Å². The summed E-state index contributed by atoms with van der Waals surface area (Å²) >= 11 is 0. The number of nitrogens with two attached hydrogens (primary N) is 1. The molecule has 4 nitrogen and oxygen atoms in total. The lowest BCUT2D eigenvalue weighted by Crippen LogP contribution is -2.34. The van der Waals surface area contributed by atoms with Crippen LogP contribution in [0.5, 0.6) is 0 Å². The Morgan fingerprint density at radius 2 is 2.00 bits per heavy atom. The molecule has 0 fully saturated rings. The maximum Gasteiger partial charge on any atom is 0.222 e. The molecule has 1 amide bonds. The Morgan fingerprint density at radius 1 is 1.43 bits per heavy atom. The molecule has 0 aliphatic rings. The predicted molar refractivity (Wildman–Crippen MR) is 57.0 cm³/mol. The zero-order valence-electron chi connectivity index (χ0n) is 9.67. The first-order chi connectivity index (χ1) is 6.39. The largest absolute Gasteiger partial charge is 0.374 e. The number of rotatable bonds is 6. The van der Waals surface area contributed by atoms with Crippen molar-refractivity contribution in [2.75, 3.05) is 27.2 Å². The van der Waals surface area contributed by atoms with Crippen LogP contribution in [-0.4, -0.2) is 43.7 Å². The first-order valence-corrected chi connectivity index (χ1v) is 4.93. The van der Waals surface area contributed by atoms with Crippen molar-refractivity contribution in [3.05, 3.63) is 0 Å². The Kier molecular flexibility index (Phi) is 5.72. The molecule has 0 rings (SSSR count). The van der Waals surface area contributed by atoms with Gasteiger partial charge in [-0.1, -0.05) is 0 Å². The molecular formula is C10H22N2O2. The van der Waals surface area contributed by atoms with E-state index < -0.39 is 0 Å².